The predicted octanol–water partition coefficient (Wildman–Crippen LogP) is 3.10. The first-order chi connectivity index (χ1) is 14.5. The normalized spacial score (nSPS) is 14.2. The van der Waals surface area contributed by atoms with Gasteiger partial charge >= 0.3 is 0 Å². The Balaban J connectivity index is 1.51. The fourth-order valence-corrected chi connectivity index (χ4v) is 4.14. The molecule has 0 spiro atoms. The lowest BCUT2D eigenvalue weighted by molar-refractivity contribution is -0.127. The molecule has 1 atom stereocenters. The van der Waals surface area contributed by atoms with E-state index in [4.69, 9.17) is 5.21 Å². The van der Waals surface area contributed by atoms with E-state index in [-0.39, 0.29) is 17.7 Å². The van der Waals surface area contributed by atoms with Gasteiger partial charge in [0.2, 0.25) is 11.8 Å². The number of hydrogen-bond donors (Lipinski definition) is 4. The Hall–Kier alpha value is -3.23. The number of hydrogen-bond acceptors (Lipinski definition) is 5. The fourth-order valence-electron chi connectivity index (χ4n) is 3.21. The molecule has 7 nitrogen and oxygen atoms in total. The summed E-state index contributed by atoms with van der Waals surface area (Å²) in [4.78, 5) is 37.2. The molecule has 4 rings (SSSR count). The minimum Gasteiger partial charge on any atom is -0.344 e. The molecule has 0 bridgehead atoms. The van der Waals surface area contributed by atoms with E-state index in [9.17, 15) is 14.4 Å². The highest BCUT2D eigenvalue weighted by atomic mass is 32.1. The molecular weight excluding hydrogens is 402 g/mol. The van der Waals surface area contributed by atoms with Gasteiger partial charge in [0.05, 0.1) is 4.88 Å². The molecule has 1 aromatic heterocycles. The molecule has 0 saturated heterocycles. The number of thiophene rings is 1. The Morgan fingerprint density at radius 3 is 2.53 bits per heavy atom. The van der Waals surface area contributed by atoms with Gasteiger partial charge in [-0.15, -0.1) is 11.3 Å². The summed E-state index contributed by atoms with van der Waals surface area (Å²) in [7, 11) is 0. The van der Waals surface area contributed by atoms with Crippen LogP contribution >= 0.6 is 11.3 Å². The highest BCUT2D eigenvalue weighted by molar-refractivity contribution is 7.20. The SMILES string of the molecule is O=C(NO)c1cc2cc(NC(=O)[C@H](Cc3ccccc3)NC(=O)C3CC3)ccc2s1. The number of rotatable bonds is 7. The molecule has 3 amide bonds. The topological polar surface area (TPSA) is 108 Å². The van der Waals surface area contributed by atoms with Gasteiger partial charge in [0.15, 0.2) is 0 Å². The lowest BCUT2D eigenvalue weighted by atomic mass is 10.0. The number of carbonyl (C=O) groups is 3. The molecule has 1 saturated carbocycles. The Bertz CT molecular complexity index is 1090. The average Bonchev–Trinajstić information content (AvgIpc) is 3.52. The van der Waals surface area contributed by atoms with Crippen molar-refractivity contribution in [3.63, 3.8) is 0 Å². The van der Waals surface area contributed by atoms with Gasteiger partial charge in [-0.25, -0.2) is 5.48 Å². The fraction of sp³-hybridized carbons (Fsp3) is 0.227. The molecule has 4 N–H and O–H groups in total. The van der Waals surface area contributed by atoms with Crippen LogP contribution in [0.25, 0.3) is 10.1 Å². The van der Waals surface area contributed by atoms with Crippen LogP contribution in [0.2, 0.25) is 0 Å². The quantitative estimate of drug-likeness (QED) is 0.346. The molecule has 0 aliphatic heterocycles. The van der Waals surface area contributed by atoms with Crippen LogP contribution in [0.1, 0.15) is 28.1 Å². The summed E-state index contributed by atoms with van der Waals surface area (Å²) in [6.07, 6.45) is 2.13. The first kappa shape index (κ1) is 20.1. The summed E-state index contributed by atoms with van der Waals surface area (Å²) < 4.78 is 0.856. The molecular formula is C22H21N3O4S. The predicted molar refractivity (Wildman–Crippen MR) is 115 cm³/mol. The Morgan fingerprint density at radius 2 is 1.83 bits per heavy atom. The largest absolute Gasteiger partial charge is 0.344 e. The third kappa shape index (κ3) is 4.67. The van der Waals surface area contributed by atoms with Crippen molar-refractivity contribution in [1.29, 1.82) is 0 Å². The molecule has 1 heterocycles. The maximum Gasteiger partial charge on any atom is 0.284 e. The smallest absolute Gasteiger partial charge is 0.284 e. The van der Waals surface area contributed by atoms with Crippen molar-refractivity contribution in [3.05, 3.63) is 65.0 Å². The molecule has 1 fully saturated rings. The molecule has 154 valence electrons. The minimum absolute atomic E-state index is 0.00863. The Labute approximate surface area is 177 Å². The van der Waals surface area contributed by atoms with Crippen molar-refractivity contribution >= 4 is 44.8 Å². The zero-order chi connectivity index (χ0) is 21.1. The van der Waals surface area contributed by atoms with Gasteiger partial charge in [0.25, 0.3) is 5.91 Å². The summed E-state index contributed by atoms with van der Waals surface area (Å²) in [6, 6.07) is 15.8. The standard InChI is InChI=1S/C22H21N3O4S/c26-20(14-6-7-14)24-17(10-13-4-2-1-3-5-13)21(27)23-16-8-9-18-15(11-16)12-19(30-18)22(28)25-29/h1-5,8-9,11-12,14,17,29H,6-7,10H2,(H,23,27)(H,24,26)(H,25,28)/t17-/m0/s1. The minimum atomic E-state index is -0.686. The van der Waals surface area contributed by atoms with Crippen LogP contribution in [0, 0.1) is 5.92 Å². The van der Waals surface area contributed by atoms with E-state index in [1.165, 1.54) is 11.3 Å². The van der Waals surface area contributed by atoms with E-state index in [0.29, 0.717) is 17.0 Å². The maximum absolute atomic E-state index is 13.0. The van der Waals surface area contributed by atoms with E-state index < -0.39 is 11.9 Å². The molecule has 8 heteroatoms. The highest BCUT2D eigenvalue weighted by Gasteiger charge is 2.32. The van der Waals surface area contributed by atoms with Crippen molar-refractivity contribution < 1.29 is 19.6 Å². The van der Waals surface area contributed by atoms with Gasteiger partial charge in [-0.1, -0.05) is 30.3 Å². The lowest BCUT2D eigenvalue weighted by Gasteiger charge is -2.19. The van der Waals surface area contributed by atoms with Crippen molar-refractivity contribution in [3.8, 4) is 0 Å². The van der Waals surface area contributed by atoms with Crippen LogP contribution < -0.4 is 16.1 Å². The highest BCUT2D eigenvalue weighted by Crippen LogP contribution is 2.30. The van der Waals surface area contributed by atoms with Crippen molar-refractivity contribution in [2.24, 2.45) is 5.92 Å². The summed E-state index contributed by atoms with van der Waals surface area (Å²) in [6.45, 7) is 0. The third-order valence-electron chi connectivity index (χ3n) is 4.97. The number of amides is 3. The molecule has 0 unspecified atom stereocenters. The van der Waals surface area contributed by atoms with Crippen LogP contribution in [0.4, 0.5) is 5.69 Å². The van der Waals surface area contributed by atoms with E-state index in [1.807, 2.05) is 30.3 Å². The van der Waals surface area contributed by atoms with Gasteiger partial charge in [-0.3, -0.25) is 19.6 Å². The molecule has 1 aliphatic rings. The van der Waals surface area contributed by atoms with Crippen molar-refractivity contribution in [2.45, 2.75) is 25.3 Å². The van der Waals surface area contributed by atoms with Crippen LogP contribution in [-0.2, 0) is 16.0 Å². The van der Waals surface area contributed by atoms with Gasteiger partial charge < -0.3 is 10.6 Å². The Morgan fingerprint density at radius 1 is 1.07 bits per heavy atom. The van der Waals surface area contributed by atoms with E-state index in [2.05, 4.69) is 10.6 Å². The van der Waals surface area contributed by atoms with Gasteiger partial charge in [-0.05, 0) is 48.1 Å². The van der Waals surface area contributed by atoms with E-state index >= 15 is 0 Å². The number of fused-ring (bicyclic) bond motifs is 1. The summed E-state index contributed by atoms with van der Waals surface area (Å²) in [5.41, 5.74) is 3.15. The van der Waals surface area contributed by atoms with Crippen molar-refractivity contribution in [2.75, 3.05) is 5.32 Å². The first-order valence-corrected chi connectivity index (χ1v) is 10.5. The van der Waals surface area contributed by atoms with Crippen LogP contribution in [0.5, 0.6) is 0 Å². The van der Waals surface area contributed by atoms with E-state index in [1.54, 1.807) is 29.7 Å². The van der Waals surface area contributed by atoms with Crippen LogP contribution in [0.3, 0.4) is 0 Å². The first-order valence-electron chi connectivity index (χ1n) is 9.66. The number of carbonyl (C=O) groups excluding carboxylic acids is 3. The molecule has 3 aromatic rings. The zero-order valence-electron chi connectivity index (χ0n) is 16.1. The van der Waals surface area contributed by atoms with Gasteiger partial charge in [0, 0.05) is 22.7 Å². The second kappa shape index (κ2) is 8.64. The van der Waals surface area contributed by atoms with E-state index in [0.717, 1.165) is 28.5 Å². The van der Waals surface area contributed by atoms with Crippen LogP contribution in [-0.4, -0.2) is 29.0 Å². The second-order valence-electron chi connectivity index (χ2n) is 7.32. The van der Waals surface area contributed by atoms with Gasteiger partial charge in [0.1, 0.15) is 6.04 Å². The summed E-state index contributed by atoms with van der Waals surface area (Å²) in [5.74, 6) is -0.948. The average molecular weight is 423 g/mol. The zero-order valence-corrected chi connectivity index (χ0v) is 16.9. The van der Waals surface area contributed by atoms with Crippen molar-refractivity contribution in [1.82, 2.24) is 10.8 Å². The lowest BCUT2D eigenvalue weighted by Crippen LogP contribution is -2.45. The number of hydroxylamine groups is 1. The number of benzene rings is 2. The molecule has 1 aliphatic carbocycles. The Kier molecular flexibility index (Phi) is 5.78. The molecule has 0 radical (unpaired) electrons. The number of nitrogens with one attached hydrogen (secondary N) is 3. The molecule has 2 aromatic carbocycles. The van der Waals surface area contributed by atoms with Gasteiger partial charge in [-0.2, -0.15) is 0 Å². The molecule has 30 heavy (non-hydrogen) atoms. The summed E-state index contributed by atoms with van der Waals surface area (Å²) in [5, 5.41) is 15.3. The van der Waals surface area contributed by atoms with Crippen LogP contribution in [0.15, 0.2) is 54.6 Å². The second-order valence-corrected chi connectivity index (χ2v) is 8.40. The summed E-state index contributed by atoms with van der Waals surface area (Å²) >= 11 is 1.24. The third-order valence-corrected chi connectivity index (χ3v) is 6.09. The maximum atomic E-state index is 13.0. The number of anilines is 1. The monoisotopic (exact) mass is 423 g/mol.